The molecule has 0 aliphatic carbocycles. The molecule has 1 N–H and O–H groups in total. The van der Waals surface area contributed by atoms with Crippen LogP contribution in [0, 0.1) is 0 Å². The number of alkyl halides is 3. The molecule has 3 aromatic rings. The van der Waals surface area contributed by atoms with Gasteiger partial charge in [0.2, 0.25) is 0 Å². The van der Waals surface area contributed by atoms with Gasteiger partial charge in [0.25, 0.3) is 11.7 Å². The largest absolute Gasteiger partial charge is 0.573 e. The van der Waals surface area contributed by atoms with Crippen LogP contribution in [0.4, 0.5) is 18.9 Å². The lowest BCUT2D eigenvalue weighted by molar-refractivity contribution is -0.274. The van der Waals surface area contributed by atoms with Gasteiger partial charge in [-0.1, -0.05) is 56.2 Å². The third-order valence-corrected chi connectivity index (χ3v) is 6.03. The molecule has 0 bridgehead atoms. The summed E-state index contributed by atoms with van der Waals surface area (Å²) in [6.07, 6.45) is -1.91. The van der Waals surface area contributed by atoms with Gasteiger partial charge in [-0.25, -0.2) is 0 Å². The van der Waals surface area contributed by atoms with Crippen LogP contribution in [0.25, 0.3) is 5.76 Å². The van der Waals surface area contributed by atoms with Crippen LogP contribution in [-0.2, 0) is 9.59 Å². The number of unbranched alkanes of at least 4 members (excludes halogenated alkanes) is 2. The molecule has 0 saturated carbocycles. The molecule has 1 heterocycles. The van der Waals surface area contributed by atoms with Gasteiger partial charge in [0.1, 0.15) is 17.3 Å². The number of carbonyl (C=O) groups is 2. The number of ether oxygens (including phenoxy) is 2. The Morgan fingerprint density at radius 3 is 2.29 bits per heavy atom. The first-order valence-electron chi connectivity index (χ1n) is 12.1. The Morgan fingerprint density at radius 2 is 1.63 bits per heavy atom. The van der Waals surface area contributed by atoms with Gasteiger partial charge >= 0.3 is 6.36 Å². The molecule has 0 radical (unpaired) electrons. The standard InChI is InChI=1S/C29H26F3NO5/c1-2-3-7-17-37-22-15-13-20(14-16-22)26(34)24-25(19-9-5-4-6-10-19)33(28(36)27(24)35)21-11-8-12-23(18-21)38-29(30,31)32/h4-6,8-16,18,25,34H,2-3,7,17H2,1H3/b26-24+. The predicted octanol–water partition coefficient (Wildman–Crippen LogP) is 6.78. The van der Waals surface area contributed by atoms with Crippen molar-refractivity contribution in [3.8, 4) is 11.5 Å². The van der Waals surface area contributed by atoms with E-state index in [4.69, 9.17) is 4.74 Å². The fraction of sp³-hybridized carbons (Fsp3) is 0.241. The second-order valence-electron chi connectivity index (χ2n) is 8.70. The summed E-state index contributed by atoms with van der Waals surface area (Å²) in [4.78, 5) is 27.5. The molecule has 1 saturated heterocycles. The number of hydrogen-bond acceptors (Lipinski definition) is 5. The van der Waals surface area contributed by atoms with Crippen molar-refractivity contribution in [3.05, 3.63) is 95.6 Å². The molecule has 38 heavy (non-hydrogen) atoms. The zero-order chi connectivity index (χ0) is 27.3. The van der Waals surface area contributed by atoms with Gasteiger partial charge in [-0.15, -0.1) is 13.2 Å². The van der Waals surface area contributed by atoms with Crippen molar-refractivity contribution in [1.82, 2.24) is 0 Å². The van der Waals surface area contributed by atoms with Crippen LogP contribution in [0.2, 0.25) is 0 Å². The molecule has 9 heteroatoms. The third-order valence-electron chi connectivity index (χ3n) is 6.03. The van der Waals surface area contributed by atoms with E-state index >= 15 is 0 Å². The summed E-state index contributed by atoms with van der Waals surface area (Å²) in [7, 11) is 0. The number of rotatable bonds is 9. The molecule has 1 aliphatic heterocycles. The third kappa shape index (κ3) is 5.99. The second kappa shape index (κ2) is 11.4. The van der Waals surface area contributed by atoms with Crippen LogP contribution in [0.3, 0.4) is 0 Å². The smallest absolute Gasteiger partial charge is 0.507 e. The number of aliphatic hydroxyl groups is 1. The zero-order valence-corrected chi connectivity index (χ0v) is 20.6. The Balaban J connectivity index is 1.74. The number of hydrogen-bond donors (Lipinski definition) is 1. The Bertz CT molecular complexity index is 1320. The van der Waals surface area contributed by atoms with E-state index in [1.54, 1.807) is 54.6 Å². The van der Waals surface area contributed by atoms with Crippen molar-refractivity contribution in [2.45, 2.75) is 38.6 Å². The molecule has 1 fully saturated rings. The summed E-state index contributed by atoms with van der Waals surface area (Å²) in [5.41, 5.74) is 0.614. The van der Waals surface area contributed by atoms with Gasteiger partial charge in [0.15, 0.2) is 0 Å². The second-order valence-corrected chi connectivity index (χ2v) is 8.70. The number of Topliss-reactive ketones (excluding diaryl/α,β-unsaturated/α-hetero) is 1. The van der Waals surface area contributed by atoms with E-state index in [1.165, 1.54) is 12.1 Å². The Labute approximate surface area is 217 Å². The number of benzene rings is 3. The highest BCUT2D eigenvalue weighted by atomic mass is 19.4. The van der Waals surface area contributed by atoms with Crippen molar-refractivity contribution in [2.24, 2.45) is 0 Å². The van der Waals surface area contributed by atoms with Crippen LogP contribution in [0.15, 0.2) is 84.4 Å². The van der Waals surface area contributed by atoms with Crippen LogP contribution in [-0.4, -0.2) is 29.8 Å². The van der Waals surface area contributed by atoms with Crippen molar-refractivity contribution in [2.75, 3.05) is 11.5 Å². The topological polar surface area (TPSA) is 76.1 Å². The number of halogens is 3. The molecule has 1 amide bonds. The van der Waals surface area contributed by atoms with Crippen LogP contribution in [0.1, 0.15) is 43.4 Å². The molecule has 1 unspecified atom stereocenters. The number of aliphatic hydroxyl groups excluding tert-OH is 1. The first-order valence-corrected chi connectivity index (χ1v) is 12.1. The maximum absolute atomic E-state index is 13.2. The summed E-state index contributed by atoms with van der Waals surface area (Å²) in [5, 5.41) is 11.2. The average Bonchev–Trinajstić information content (AvgIpc) is 3.16. The van der Waals surface area contributed by atoms with E-state index in [0.717, 1.165) is 36.3 Å². The molecule has 0 aromatic heterocycles. The zero-order valence-electron chi connectivity index (χ0n) is 20.6. The molecular formula is C29H26F3NO5. The van der Waals surface area contributed by atoms with E-state index in [2.05, 4.69) is 11.7 Å². The number of anilines is 1. The normalized spacial score (nSPS) is 17.1. The SMILES string of the molecule is CCCCCOc1ccc(/C(O)=C2\C(=O)C(=O)N(c3cccc(OC(F)(F)F)c3)C2c2ccccc2)cc1. The highest BCUT2D eigenvalue weighted by molar-refractivity contribution is 6.51. The van der Waals surface area contributed by atoms with E-state index in [0.29, 0.717) is 23.5 Å². The lowest BCUT2D eigenvalue weighted by Gasteiger charge is -2.26. The number of amides is 1. The lowest BCUT2D eigenvalue weighted by Crippen LogP contribution is -2.29. The molecule has 4 rings (SSSR count). The average molecular weight is 526 g/mol. The molecule has 198 valence electrons. The lowest BCUT2D eigenvalue weighted by atomic mass is 9.95. The molecular weight excluding hydrogens is 499 g/mol. The van der Waals surface area contributed by atoms with Crippen LogP contribution in [0.5, 0.6) is 11.5 Å². The highest BCUT2D eigenvalue weighted by Crippen LogP contribution is 2.43. The summed E-state index contributed by atoms with van der Waals surface area (Å²) < 4.78 is 48.1. The van der Waals surface area contributed by atoms with Crippen molar-refractivity contribution in [1.29, 1.82) is 0 Å². The van der Waals surface area contributed by atoms with Gasteiger partial charge in [-0.05, 0) is 48.4 Å². The summed E-state index contributed by atoms with van der Waals surface area (Å²) in [5.74, 6) is -2.30. The number of nitrogens with zero attached hydrogens (tertiary/aromatic N) is 1. The van der Waals surface area contributed by atoms with Crippen molar-refractivity contribution in [3.63, 3.8) is 0 Å². The molecule has 0 spiro atoms. The monoisotopic (exact) mass is 525 g/mol. The number of ketones is 1. The van der Waals surface area contributed by atoms with Gasteiger partial charge in [-0.3, -0.25) is 14.5 Å². The first kappa shape index (κ1) is 26.8. The van der Waals surface area contributed by atoms with E-state index in [9.17, 15) is 27.9 Å². The summed E-state index contributed by atoms with van der Waals surface area (Å²) >= 11 is 0. The van der Waals surface area contributed by atoms with E-state index in [-0.39, 0.29) is 11.3 Å². The van der Waals surface area contributed by atoms with E-state index < -0.39 is 35.6 Å². The van der Waals surface area contributed by atoms with Gasteiger partial charge in [0.05, 0.1) is 18.2 Å². The maximum Gasteiger partial charge on any atom is 0.573 e. The molecule has 1 aliphatic rings. The van der Waals surface area contributed by atoms with Gasteiger partial charge in [0, 0.05) is 17.3 Å². The van der Waals surface area contributed by atoms with Crippen LogP contribution >= 0.6 is 0 Å². The van der Waals surface area contributed by atoms with Gasteiger partial charge in [-0.2, -0.15) is 0 Å². The minimum absolute atomic E-state index is 0.0116. The minimum atomic E-state index is -4.93. The van der Waals surface area contributed by atoms with Crippen molar-refractivity contribution >= 4 is 23.1 Å². The first-order chi connectivity index (χ1) is 18.2. The minimum Gasteiger partial charge on any atom is -0.507 e. The Kier molecular flexibility index (Phi) is 8.05. The molecule has 6 nitrogen and oxygen atoms in total. The van der Waals surface area contributed by atoms with Crippen molar-refractivity contribution < 1.29 is 37.3 Å². The Hall–Kier alpha value is -4.27. The quantitative estimate of drug-likeness (QED) is 0.144. The Morgan fingerprint density at radius 1 is 0.921 bits per heavy atom. The molecule has 1 atom stereocenters. The highest BCUT2D eigenvalue weighted by Gasteiger charge is 2.47. The fourth-order valence-corrected chi connectivity index (χ4v) is 4.29. The summed E-state index contributed by atoms with van der Waals surface area (Å²) in [6, 6.07) is 18.7. The molecule has 3 aromatic carbocycles. The maximum atomic E-state index is 13.2. The van der Waals surface area contributed by atoms with Crippen LogP contribution < -0.4 is 14.4 Å². The summed E-state index contributed by atoms with van der Waals surface area (Å²) in [6.45, 7) is 2.65. The number of carbonyl (C=O) groups excluding carboxylic acids is 2. The predicted molar refractivity (Wildman–Crippen MR) is 136 cm³/mol. The fourth-order valence-electron chi connectivity index (χ4n) is 4.29. The van der Waals surface area contributed by atoms with Gasteiger partial charge < -0.3 is 14.6 Å². The van der Waals surface area contributed by atoms with E-state index in [1.807, 2.05) is 0 Å².